The van der Waals surface area contributed by atoms with Crippen molar-refractivity contribution in [2.24, 2.45) is 0 Å². The molecule has 3 aromatic rings. The molecule has 0 saturated heterocycles. The summed E-state index contributed by atoms with van der Waals surface area (Å²) < 4.78 is 22.1. The molecule has 1 N–H and O–H groups in total. The maximum Gasteiger partial charge on any atom is 0.226 e. The molecular formula is C18H14BrFN4O. The summed E-state index contributed by atoms with van der Waals surface area (Å²) in [6, 6.07) is 12.1. The standard InChI is InChI=1S/C18H14BrFN4O/c1-25-13-5-2-11(3-6-13)16-9-17(24-18(23-16)21-10-22-24)14-8-12(19)4-7-15(14)20/h2-10,17H,1H3,(H,21,22,23)/t17-/m1/s1. The van der Waals surface area contributed by atoms with E-state index in [2.05, 4.69) is 31.3 Å². The van der Waals surface area contributed by atoms with Gasteiger partial charge in [0.15, 0.2) is 0 Å². The molecule has 0 aliphatic carbocycles. The molecule has 2 aromatic carbocycles. The average molecular weight is 401 g/mol. The van der Waals surface area contributed by atoms with Gasteiger partial charge in [-0.15, -0.1) is 0 Å². The molecule has 25 heavy (non-hydrogen) atoms. The van der Waals surface area contributed by atoms with E-state index in [4.69, 9.17) is 4.74 Å². The molecule has 4 rings (SSSR count). The molecule has 1 aliphatic rings. The lowest BCUT2D eigenvalue weighted by molar-refractivity contribution is 0.415. The van der Waals surface area contributed by atoms with Crippen LogP contribution in [0, 0.1) is 5.82 Å². The quantitative estimate of drug-likeness (QED) is 0.713. The molecule has 0 fully saturated rings. The molecule has 0 unspecified atom stereocenters. The van der Waals surface area contributed by atoms with Gasteiger partial charge in [0, 0.05) is 15.7 Å². The lowest BCUT2D eigenvalue weighted by Crippen LogP contribution is -2.21. The first-order chi connectivity index (χ1) is 12.2. The predicted octanol–water partition coefficient (Wildman–Crippen LogP) is 4.24. The number of benzene rings is 2. The van der Waals surface area contributed by atoms with Gasteiger partial charge in [0.25, 0.3) is 0 Å². The van der Waals surface area contributed by atoms with Crippen molar-refractivity contribution in [1.82, 2.24) is 14.8 Å². The van der Waals surface area contributed by atoms with E-state index in [-0.39, 0.29) is 5.82 Å². The summed E-state index contributed by atoms with van der Waals surface area (Å²) in [5.74, 6) is 1.05. The Balaban J connectivity index is 1.81. The third kappa shape index (κ3) is 2.91. The first-order valence-corrected chi connectivity index (χ1v) is 8.43. The van der Waals surface area contributed by atoms with Crippen molar-refractivity contribution in [3.8, 4) is 5.75 Å². The smallest absolute Gasteiger partial charge is 0.226 e. The van der Waals surface area contributed by atoms with Gasteiger partial charge < -0.3 is 10.1 Å². The third-order valence-electron chi connectivity index (χ3n) is 4.09. The van der Waals surface area contributed by atoms with Crippen LogP contribution in [0.25, 0.3) is 5.70 Å². The monoisotopic (exact) mass is 400 g/mol. The zero-order valence-corrected chi connectivity index (χ0v) is 14.9. The zero-order valence-electron chi connectivity index (χ0n) is 13.3. The highest BCUT2D eigenvalue weighted by atomic mass is 79.9. The first kappa shape index (κ1) is 15.8. The summed E-state index contributed by atoms with van der Waals surface area (Å²) in [5, 5.41) is 7.48. The fourth-order valence-corrected chi connectivity index (χ4v) is 3.21. The number of ether oxygens (including phenoxy) is 1. The van der Waals surface area contributed by atoms with Gasteiger partial charge in [-0.05, 0) is 54.1 Å². The van der Waals surface area contributed by atoms with Gasteiger partial charge >= 0.3 is 0 Å². The van der Waals surface area contributed by atoms with Crippen LogP contribution in [0.5, 0.6) is 5.75 Å². The Labute approximate surface area is 152 Å². The van der Waals surface area contributed by atoms with E-state index < -0.39 is 6.04 Å². The molecule has 0 saturated carbocycles. The van der Waals surface area contributed by atoms with Crippen LogP contribution in [-0.4, -0.2) is 21.9 Å². The summed E-state index contributed by atoms with van der Waals surface area (Å²) in [4.78, 5) is 4.24. The van der Waals surface area contributed by atoms with Crippen LogP contribution in [0.1, 0.15) is 17.2 Å². The first-order valence-electron chi connectivity index (χ1n) is 7.63. The van der Waals surface area contributed by atoms with Gasteiger partial charge in [0.2, 0.25) is 5.95 Å². The summed E-state index contributed by atoms with van der Waals surface area (Å²) in [6.07, 6.45) is 3.39. The number of halogens is 2. The van der Waals surface area contributed by atoms with Crippen molar-refractivity contribution < 1.29 is 9.13 Å². The number of nitrogens with zero attached hydrogens (tertiary/aromatic N) is 3. The highest BCUT2D eigenvalue weighted by Crippen LogP contribution is 2.34. The Morgan fingerprint density at radius 1 is 1.20 bits per heavy atom. The molecule has 0 bridgehead atoms. The van der Waals surface area contributed by atoms with Gasteiger partial charge in [0.05, 0.1) is 7.11 Å². The van der Waals surface area contributed by atoms with Crippen molar-refractivity contribution in [3.05, 3.63) is 76.3 Å². The Morgan fingerprint density at radius 2 is 2.00 bits per heavy atom. The van der Waals surface area contributed by atoms with E-state index in [0.29, 0.717) is 11.5 Å². The lowest BCUT2D eigenvalue weighted by atomic mass is 10.0. The van der Waals surface area contributed by atoms with Crippen LogP contribution in [0.3, 0.4) is 0 Å². The van der Waals surface area contributed by atoms with E-state index in [0.717, 1.165) is 21.5 Å². The molecule has 126 valence electrons. The van der Waals surface area contributed by atoms with E-state index in [1.807, 2.05) is 30.3 Å². The molecule has 1 aliphatic heterocycles. The number of allylic oxidation sites excluding steroid dienone is 1. The van der Waals surface area contributed by atoms with E-state index in [1.54, 1.807) is 23.9 Å². The number of rotatable bonds is 3. The van der Waals surface area contributed by atoms with Gasteiger partial charge in [-0.2, -0.15) is 10.1 Å². The lowest BCUT2D eigenvalue weighted by Gasteiger charge is -2.25. The van der Waals surface area contributed by atoms with Crippen LogP contribution >= 0.6 is 15.9 Å². The maximum absolute atomic E-state index is 14.4. The minimum Gasteiger partial charge on any atom is -0.497 e. The van der Waals surface area contributed by atoms with Crippen molar-refractivity contribution in [2.45, 2.75) is 6.04 Å². The number of anilines is 1. The second kappa shape index (κ2) is 6.33. The molecule has 0 spiro atoms. The van der Waals surface area contributed by atoms with Crippen LogP contribution in [0.15, 0.2) is 59.3 Å². The van der Waals surface area contributed by atoms with Gasteiger partial charge in [0.1, 0.15) is 23.9 Å². The number of hydrogen-bond donors (Lipinski definition) is 1. The number of methoxy groups -OCH3 is 1. The van der Waals surface area contributed by atoms with Crippen molar-refractivity contribution in [3.63, 3.8) is 0 Å². The Morgan fingerprint density at radius 3 is 2.76 bits per heavy atom. The number of nitrogens with one attached hydrogen (secondary N) is 1. The summed E-state index contributed by atoms with van der Waals surface area (Å²) in [5.41, 5.74) is 2.32. The zero-order chi connectivity index (χ0) is 17.4. The fraction of sp³-hybridized carbons (Fsp3) is 0.111. The third-order valence-corrected chi connectivity index (χ3v) is 4.58. The molecule has 2 heterocycles. The average Bonchev–Trinajstić information content (AvgIpc) is 3.12. The highest BCUT2D eigenvalue weighted by molar-refractivity contribution is 9.10. The van der Waals surface area contributed by atoms with E-state index in [1.165, 1.54) is 12.4 Å². The Hall–Kier alpha value is -2.67. The molecule has 1 atom stereocenters. The van der Waals surface area contributed by atoms with Crippen LogP contribution in [-0.2, 0) is 0 Å². The SMILES string of the molecule is COc1ccc(C2=C[C@H](c3cc(Br)ccc3F)n3ncnc3N2)cc1. The van der Waals surface area contributed by atoms with E-state index >= 15 is 0 Å². The normalized spacial score (nSPS) is 16.0. The number of hydrogen-bond acceptors (Lipinski definition) is 4. The van der Waals surface area contributed by atoms with Crippen molar-refractivity contribution in [1.29, 1.82) is 0 Å². The minimum absolute atomic E-state index is 0.290. The summed E-state index contributed by atoms with van der Waals surface area (Å²) in [7, 11) is 1.63. The molecule has 1 aromatic heterocycles. The van der Waals surface area contributed by atoms with Crippen molar-refractivity contribution in [2.75, 3.05) is 12.4 Å². The van der Waals surface area contributed by atoms with Crippen LogP contribution in [0.4, 0.5) is 10.3 Å². The molecule has 0 radical (unpaired) electrons. The van der Waals surface area contributed by atoms with Crippen LogP contribution in [0.2, 0.25) is 0 Å². The van der Waals surface area contributed by atoms with Gasteiger partial charge in [-0.3, -0.25) is 0 Å². The maximum atomic E-state index is 14.4. The van der Waals surface area contributed by atoms with E-state index in [9.17, 15) is 4.39 Å². The van der Waals surface area contributed by atoms with Crippen LogP contribution < -0.4 is 10.1 Å². The molecule has 7 heteroatoms. The summed E-state index contributed by atoms with van der Waals surface area (Å²) >= 11 is 3.41. The second-order valence-corrected chi connectivity index (χ2v) is 6.49. The molecule has 5 nitrogen and oxygen atoms in total. The second-order valence-electron chi connectivity index (χ2n) is 5.57. The largest absolute Gasteiger partial charge is 0.497 e. The van der Waals surface area contributed by atoms with Crippen molar-refractivity contribution >= 4 is 27.6 Å². The highest BCUT2D eigenvalue weighted by Gasteiger charge is 2.25. The Kier molecular flexibility index (Phi) is 4.01. The number of aromatic nitrogens is 3. The minimum atomic E-state index is -0.395. The topological polar surface area (TPSA) is 52.0 Å². The fourth-order valence-electron chi connectivity index (χ4n) is 2.84. The number of fused-ring (bicyclic) bond motifs is 1. The van der Waals surface area contributed by atoms with Gasteiger partial charge in [-0.1, -0.05) is 15.9 Å². The summed E-state index contributed by atoms with van der Waals surface area (Å²) in [6.45, 7) is 0. The predicted molar refractivity (Wildman–Crippen MR) is 96.9 cm³/mol. The Bertz CT molecular complexity index is 952. The van der Waals surface area contributed by atoms with Gasteiger partial charge in [-0.25, -0.2) is 9.07 Å². The molecular weight excluding hydrogens is 387 g/mol. The molecule has 0 amide bonds.